The van der Waals surface area contributed by atoms with E-state index in [2.05, 4.69) is 5.32 Å². The Morgan fingerprint density at radius 3 is 2.24 bits per heavy atom. The maximum absolute atomic E-state index is 11.1. The van der Waals surface area contributed by atoms with Gasteiger partial charge in [-0.25, -0.2) is 0 Å². The van der Waals surface area contributed by atoms with Crippen molar-refractivity contribution in [1.82, 2.24) is 5.32 Å². The predicted octanol–water partition coefficient (Wildman–Crippen LogP) is 2.22. The normalized spacial score (nSPS) is 36.8. The first-order valence-corrected chi connectivity index (χ1v) is 8.05. The number of ether oxygens (including phenoxy) is 2. The van der Waals surface area contributed by atoms with Gasteiger partial charge in [-0.2, -0.15) is 0 Å². The van der Waals surface area contributed by atoms with Gasteiger partial charge in [0.15, 0.2) is 6.29 Å². The molecule has 0 saturated carbocycles. The van der Waals surface area contributed by atoms with Crippen LogP contribution in [0.4, 0.5) is 0 Å². The van der Waals surface area contributed by atoms with Crippen molar-refractivity contribution in [2.75, 3.05) is 13.2 Å². The molecule has 2 unspecified atom stereocenters. The Bertz CT molecular complexity index is 483. The molecule has 4 rings (SSSR count). The predicted molar refractivity (Wildman–Crippen MR) is 78.8 cm³/mol. The Labute approximate surface area is 125 Å². The Hall–Kier alpha value is -0.940. The Morgan fingerprint density at radius 1 is 1.00 bits per heavy atom. The lowest BCUT2D eigenvalue weighted by Crippen LogP contribution is -2.54. The number of aliphatic hydroxyl groups is 1. The Kier molecular flexibility index (Phi) is 3.50. The SMILES string of the molecule is OC1(c2ccc(C3OCCO3)cc2)CC2CCCC(C1)N2. The lowest BCUT2D eigenvalue weighted by molar-refractivity contribution is -0.0450. The minimum atomic E-state index is -0.684. The standard InChI is InChI=1S/C17H23NO3/c19-17(10-14-2-1-3-15(11-17)18-14)13-6-4-12(5-7-13)16-20-8-9-21-16/h4-7,14-16,18-19H,1-3,8-11H2. The van der Waals surface area contributed by atoms with E-state index >= 15 is 0 Å². The van der Waals surface area contributed by atoms with Gasteiger partial charge >= 0.3 is 0 Å². The van der Waals surface area contributed by atoms with E-state index in [-0.39, 0.29) is 6.29 Å². The second-order valence-corrected chi connectivity index (χ2v) is 6.63. The van der Waals surface area contributed by atoms with Crippen molar-refractivity contribution in [3.8, 4) is 0 Å². The highest BCUT2D eigenvalue weighted by Crippen LogP contribution is 2.40. The summed E-state index contributed by atoms with van der Waals surface area (Å²) in [4.78, 5) is 0. The zero-order valence-electron chi connectivity index (χ0n) is 12.3. The van der Waals surface area contributed by atoms with Crippen molar-refractivity contribution in [2.45, 2.75) is 56.1 Å². The van der Waals surface area contributed by atoms with Gasteiger partial charge in [0, 0.05) is 17.6 Å². The van der Waals surface area contributed by atoms with Crippen LogP contribution in [0.5, 0.6) is 0 Å². The van der Waals surface area contributed by atoms with E-state index in [9.17, 15) is 5.11 Å². The highest BCUT2D eigenvalue weighted by molar-refractivity contribution is 5.29. The summed E-state index contributed by atoms with van der Waals surface area (Å²) in [5, 5.41) is 14.7. The molecule has 114 valence electrons. The fourth-order valence-electron chi connectivity index (χ4n) is 4.07. The summed E-state index contributed by atoms with van der Waals surface area (Å²) in [6.45, 7) is 1.32. The third kappa shape index (κ3) is 2.61. The van der Waals surface area contributed by atoms with Crippen LogP contribution in [0.25, 0.3) is 0 Å². The average molecular weight is 289 g/mol. The third-order valence-electron chi connectivity index (χ3n) is 5.09. The number of fused-ring (bicyclic) bond motifs is 2. The van der Waals surface area contributed by atoms with E-state index in [1.54, 1.807) is 0 Å². The van der Waals surface area contributed by atoms with E-state index in [1.807, 2.05) is 24.3 Å². The zero-order chi connectivity index (χ0) is 14.3. The summed E-state index contributed by atoms with van der Waals surface area (Å²) >= 11 is 0. The molecule has 21 heavy (non-hydrogen) atoms. The van der Waals surface area contributed by atoms with Crippen molar-refractivity contribution in [2.24, 2.45) is 0 Å². The van der Waals surface area contributed by atoms with E-state index < -0.39 is 5.60 Å². The molecule has 3 saturated heterocycles. The smallest absolute Gasteiger partial charge is 0.184 e. The first kappa shape index (κ1) is 13.7. The van der Waals surface area contributed by atoms with Gasteiger partial charge in [-0.1, -0.05) is 30.7 Å². The number of piperidine rings is 2. The molecule has 4 nitrogen and oxygen atoms in total. The molecule has 0 aromatic heterocycles. The van der Waals surface area contributed by atoms with Gasteiger partial charge in [0.1, 0.15) is 0 Å². The van der Waals surface area contributed by atoms with E-state index in [4.69, 9.17) is 9.47 Å². The molecule has 2 bridgehead atoms. The second kappa shape index (κ2) is 5.36. The minimum Gasteiger partial charge on any atom is -0.385 e. The van der Waals surface area contributed by atoms with Crippen LogP contribution >= 0.6 is 0 Å². The summed E-state index contributed by atoms with van der Waals surface area (Å²) < 4.78 is 11.0. The highest BCUT2D eigenvalue weighted by Gasteiger charge is 2.41. The van der Waals surface area contributed by atoms with Crippen molar-refractivity contribution < 1.29 is 14.6 Å². The molecule has 1 aromatic carbocycles. The first-order valence-electron chi connectivity index (χ1n) is 8.05. The fraction of sp³-hybridized carbons (Fsp3) is 0.647. The van der Waals surface area contributed by atoms with Crippen LogP contribution < -0.4 is 5.32 Å². The van der Waals surface area contributed by atoms with Crippen molar-refractivity contribution in [3.05, 3.63) is 35.4 Å². The lowest BCUT2D eigenvalue weighted by atomic mass is 9.74. The van der Waals surface area contributed by atoms with Crippen molar-refractivity contribution in [1.29, 1.82) is 0 Å². The maximum atomic E-state index is 11.1. The quantitative estimate of drug-likeness (QED) is 0.876. The molecule has 2 N–H and O–H groups in total. The molecule has 2 atom stereocenters. The number of hydrogen-bond acceptors (Lipinski definition) is 4. The molecular weight excluding hydrogens is 266 g/mol. The van der Waals surface area contributed by atoms with Gasteiger partial charge in [-0.05, 0) is 31.2 Å². The van der Waals surface area contributed by atoms with Gasteiger partial charge in [-0.3, -0.25) is 0 Å². The van der Waals surface area contributed by atoms with Gasteiger partial charge in [-0.15, -0.1) is 0 Å². The number of benzene rings is 1. The molecule has 3 fully saturated rings. The summed E-state index contributed by atoms with van der Waals surface area (Å²) in [5.74, 6) is 0. The van der Waals surface area contributed by atoms with Crippen LogP contribution in [0, 0.1) is 0 Å². The van der Waals surface area contributed by atoms with Gasteiger partial charge < -0.3 is 19.9 Å². The van der Waals surface area contributed by atoms with Crippen LogP contribution in [-0.2, 0) is 15.1 Å². The summed E-state index contributed by atoms with van der Waals surface area (Å²) in [7, 11) is 0. The van der Waals surface area contributed by atoms with Gasteiger partial charge in [0.05, 0.1) is 18.8 Å². The van der Waals surface area contributed by atoms with E-state index in [0.29, 0.717) is 25.3 Å². The largest absolute Gasteiger partial charge is 0.385 e. The monoisotopic (exact) mass is 289 g/mol. The van der Waals surface area contributed by atoms with Crippen molar-refractivity contribution in [3.63, 3.8) is 0 Å². The Morgan fingerprint density at radius 2 is 1.62 bits per heavy atom. The first-order chi connectivity index (χ1) is 10.2. The van der Waals surface area contributed by atoms with Crippen LogP contribution in [0.1, 0.15) is 49.5 Å². The molecule has 3 heterocycles. The summed E-state index contributed by atoms with van der Waals surface area (Å²) in [6, 6.07) is 9.07. The highest BCUT2D eigenvalue weighted by atomic mass is 16.7. The van der Waals surface area contributed by atoms with E-state index in [1.165, 1.54) is 19.3 Å². The van der Waals surface area contributed by atoms with E-state index in [0.717, 1.165) is 24.0 Å². The maximum Gasteiger partial charge on any atom is 0.184 e. The van der Waals surface area contributed by atoms with Crippen LogP contribution in [0.15, 0.2) is 24.3 Å². The van der Waals surface area contributed by atoms with Crippen LogP contribution in [0.3, 0.4) is 0 Å². The van der Waals surface area contributed by atoms with Gasteiger partial charge in [0.2, 0.25) is 0 Å². The second-order valence-electron chi connectivity index (χ2n) is 6.63. The molecule has 3 aliphatic heterocycles. The van der Waals surface area contributed by atoms with Crippen molar-refractivity contribution >= 4 is 0 Å². The molecule has 4 heteroatoms. The molecule has 0 aliphatic carbocycles. The topological polar surface area (TPSA) is 50.7 Å². The fourth-order valence-corrected chi connectivity index (χ4v) is 4.07. The number of nitrogens with one attached hydrogen (secondary N) is 1. The minimum absolute atomic E-state index is 0.235. The lowest BCUT2D eigenvalue weighted by Gasteiger charge is -2.45. The summed E-state index contributed by atoms with van der Waals surface area (Å²) in [6.07, 6.45) is 5.05. The average Bonchev–Trinajstić information content (AvgIpc) is 3.01. The molecular formula is C17H23NO3. The molecule has 0 radical (unpaired) electrons. The molecule has 1 aromatic rings. The number of hydrogen-bond donors (Lipinski definition) is 2. The third-order valence-corrected chi connectivity index (χ3v) is 5.09. The van der Waals surface area contributed by atoms with Gasteiger partial charge in [0.25, 0.3) is 0 Å². The summed E-state index contributed by atoms with van der Waals surface area (Å²) in [5.41, 5.74) is 1.38. The zero-order valence-corrected chi connectivity index (χ0v) is 12.3. The van der Waals surface area contributed by atoms with Crippen LogP contribution in [0.2, 0.25) is 0 Å². The number of rotatable bonds is 2. The Balaban J connectivity index is 1.54. The molecule has 3 aliphatic rings. The van der Waals surface area contributed by atoms with Crippen LogP contribution in [-0.4, -0.2) is 30.4 Å². The molecule has 0 spiro atoms. The molecule has 0 amide bonds.